The molecule has 1 aromatic rings. The normalized spacial score (nSPS) is 19.3. The van der Waals surface area contributed by atoms with Crippen LogP contribution in [0.15, 0.2) is 24.3 Å². The van der Waals surface area contributed by atoms with Crippen molar-refractivity contribution in [1.29, 1.82) is 0 Å². The van der Waals surface area contributed by atoms with Crippen LogP contribution in [0.4, 0.5) is 5.69 Å². The Bertz CT molecular complexity index is 430. The summed E-state index contributed by atoms with van der Waals surface area (Å²) in [6.45, 7) is 10.1. The third kappa shape index (κ3) is 3.89. The number of nitrogens with one attached hydrogen (secondary N) is 1. The first-order valence-corrected chi connectivity index (χ1v) is 7.94. The molecule has 0 spiro atoms. The summed E-state index contributed by atoms with van der Waals surface area (Å²) in [7, 11) is 3.78. The molecule has 0 aliphatic carbocycles. The van der Waals surface area contributed by atoms with Crippen molar-refractivity contribution in [3.05, 3.63) is 24.3 Å². The Balaban J connectivity index is 1.94. The highest BCUT2D eigenvalue weighted by Gasteiger charge is 2.25. The summed E-state index contributed by atoms with van der Waals surface area (Å²) in [6.07, 6.45) is 0. The first-order chi connectivity index (χ1) is 10.2. The van der Waals surface area contributed by atoms with Crippen molar-refractivity contribution < 1.29 is 4.74 Å². The number of para-hydroxylation sites is 2. The molecule has 0 amide bonds. The zero-order valence-electron chi connectivity index (χ0n) is 13.8. The molecule has 1 aromatic carbocycles. The van der Waals surface area contributed by atoms with Crippen LogP contribution in [0.2, 0.25) is 0 Å². The van der Waals surface area contributed by atoms with Gasteiger partial charge < -0.3 is 15.0 Å². The van der Waals surface area contributed by atoms with Gasteiger partial charge in [-0.25, -0.2) is 0 Å². The molecule has 2 rings (SSSR count). The highest BCUT2D eigenvalue weighted by molar-refractivity contribution is 5.58. The molecule has 1 saturated heterocycles. The molecule has 118 valence electrons. The number of ether oxygens (including phenoxy) is 1. The monoisotopic (exact) mass is 291 g/mol. The van der Waals surface area contributed by atoms with Crippen LogP contribution >= 0.6 is 0 Å². The van der Waals surface area contributed by atoms with Crippen LogP contribution in [-0.2, 0) is 0 Å². The molecule has 1 fully saturated rings. The Morgan fingerprint density at radius 3 is 2.43 bits per heavy atom. The molecule has 0 aromatic heterocycles. The largest absolute Gasteiger partial charge is 0.495 e. The molecular formula is C17H29N3O. The molecule has 21 heavy (non-hydrogen) atoms. The van der Waals surface area contributed by atoms with Crippen LogP contribution in [0, 0.1) is 5.92 Å². The van der Waals surface area contributed by atoms with Gasteiger partial charge in [0.1, 0.15) is 5.75 Å². The third-order valence-electron chi connectivity index (χ3n) is 4.67. The number of nitrogens with zero attached hydrogens (tertiary/aromatic N) is 2. The minimum Gasteiger partial charge on any atom is -0.495 e. The lowest BCUT2D eigenvalue weighted by Gasteiger charge is -2.41. The van der Waals surface area contributed by atoms with Crippen LogP contribution in [0.25, 0.3) is 0 Å². The number of benzene rings is 1. The van der Waals surface area contributed by atoms with E-state index >= 15 is 0 Å². The van der Waals surface area contributed by atoms with Crippen LogP contribution in [0.1, 0.15) is 13.8 Å². The fraction of sp³-hybridized carbons (Fsp3) is 0.647. The van der Waals surface area contributed by atoms with Crippen LogP contribution in [-0.4, -0.2) is 57.8 Å². The van der Waals surface area contributed by atoms with E-state index in [1.807, 2.05) is 19.2 Å². The van der Waals surface area contributed by atoms with E-state index in [2.05, 4.69) is 41.1 Å². The topological polar surface area (TPSA) is 27.7 Å². The van der Waals surface area contributed by atoms with Crippen molar-refractivity contribution in [1.82, 2.24) is 10.2 Å². The molecule has 2 atom stereocenters. The van der Waals surface area contributed by atoms with E-state index in [4.69, 9.17) is 4.74 Å². The zero-order valence-corrected chi connectivity index (χ0v) is 13.8. The summed E-state index contributed by atoms with van der Waals surface area (Å²) in [6, 6.07) is 8.93. The van der Waals surface area contributed by atoms with Gasteiger partial charge in [-0.15, -0.1) is 0 Å². The van der Waals surface area contributed by atoms with Crippen molar-refractivity contribution in [2.45, 2.75) is 19.9 Å². The van der Waals surface area contributed by atoms with Gasteiger partial charge in [-0.05, 0) is 38.6 Å². The Morgan fingerprint density at radius 1 is 1.14 bits per heavy atom. The van der Waals surface area contributed by atoms with Crippen molar-refractivity contribution in [2.75, 3.05) is 51.8 Å². The van der Waals surface area contributed by atoms with E-state index in [1.54, 1.807) is 7.11 Å². The second-order valence-corrected chi connectivity index (χ2v) is 5.97. The van der Waals surface area contributed by atoms with Crippen molar-refractivity contribution in [3.63, 3.8) is 0 Å². The Labute approximate surface area is 129 Å². The number of hydrogen-bond acceptors (Lipinski definition) is 4. The van der Waals surface area contributed by atoms with Crippen LogP contribution in [0.5, 0.6) is 5.75 Å². The smallest absolute Gasteiger partial charge is 0.142 e. The first-order valence-electron chi connectivity index (χ1n) is 7.94. The van der Waals surface area contributed by atoms with Gasteiger partial charge in [-0.2, -0.15) is 0 Å². The highest BCUT2D eigenvalue weighted by atomic mass is 16.5. The Kier molecular flexibility index (Phi) is 5.88. The van der Waals surface area contributed by atoms with Gasteiger partial charge in [0.25, 0.3) is 0 Å². The maximum Gasteiger partial charge on any atom is 0.142 e. The van der Waals surface area contributed by atoms with Gasteiger partial charge in [-0.1, -0.05) is 19.1 Å². The molecule has 2 unspecified atom stereocenters. The maximum absolute atomic E-state index is 5.48. The second kappa shape index (κ2) is 7.66. The molecule has 0 bridgehead atoms. The predicted molar refractivity (Wildman–Crippen MR) is 89.3 cm³/mol. The molecule has 1 N–H and O–H groups in total. The minimum atomic E-state index is 0.622. The molecule has 1 heterocycles. The lowest BCUT2D eigenvalue weighted by Crippen LogP contribution is -2.52. The lowest BCUT2D eigenvalue weighted by molar-refractivity contribution is 0.152. The summed E-state index contributed by atoms with van der Waals surface area (Å²) in [5.41, 5.74) is 1.22. The molecule has 4 heteroatoms. The molecule has 4 nitrogen and oxygen atoms in total. The summed E-state index contributed by atoms with van der Waals surface area (Å²) in [4.78, 5) is 5.04. The fourth-order valence-electron chi connectivity index (χ4n) is 3.11. The average Bonchev–Trinajstić information content (AvgIpc) is 2.54. The Hall–Kier alpha value is -1.26. The summed E-state index contributed by atoms with van der Waals surface area (Å²) in [5, 5.41) is 3.28. The Morgan fingerprint density at radius 2 is 1.81 bits per heavy atom. The van der Waals surface area contributed by atoms with Crippen molar-refractivity contribution in [2.24, 2.45) is 5.92 Å². The van der Waals surface area contributed by atoms with E-state index < -0.39 is 0 Å². The van der Waals surface area contributed by atoms with E-state index in [0.29, 0.717) is 12.0 Å². The quantitative estimate of drug-likeness (QED) is 0.868. The van der Waals surface area contributed by atoms with E-state index in [0.717, 1.165) is 38.5 Å². The van der Waals surface area contributed by atoms with Crippen LogP contribution < -0.4 is 15.0 Å². The first kappa shape index (κ1) is 16.1. The molecule has 1 aliphatic rings. The summed E-state index contributed by atoms with van der Waals surface area (Å²) < 4.78 is 5.48. The number of methoxy groups -OCH3 is 1. The lowest BCUT2D eigenvalue weighted by atomic mass is 10.0. The van der Waals surface area contributed by atoms with Crippen molar-refractivity contribution in [3.8, 4) is 5.75 Å². The van der Waals surface area contributed by atoms with Gasteiger partial charge in [0.15, 0.2) is 0 Å². The average molecular weight is 291 g/mol. The SMILES string of the molecule is CNCC(C)C(C)N1CCN(c2ccccc2OC)CC1. The predicted octanol–water partition coefficient (Wildman–Crippen LogP) is 2.06. The fourth-order valence-corrected chi connectivity index (χ4v) is 3.11. The molecule has 1 aliphatic heterocycles. The van der Waals surface area contributed by atoms with Gasteiger partial charge >= 0.3 is 0 Å². The number of piperazine rings is 1. The molecule has 0 radical (unpaired) electrons. The number of rotatable bonds is 6. The standard InChI is InChI=1S/C17H29N3O/c1-14(13-18-3)15(2)19-9-11-20(12-10-19)16-7-5-6-8-17(16)21-4/h5-8,14-15,18H,9-13H2,1-4H3. The minimum absolute atomic E-state index is 0.622. The van der Waals surface area contributed by atoms with Gasteiger partial charge in [0, 0.05) is 32.2 Å². The summed E-state index contributed by atoms with van der Waals surface area (Å²) in [5.74, 6) is 1.65. The van der Waals surface area contributed by atoms with Gasteiger partial charge in [-0.3, -0.25) is 4.90 Å². The zero-order chi connectivity index (χ0) is 15.2. The van der Waals surface area contributed by atoms with E-state index in [-0.39, 0.29) is 0 Å². The molecule has 0 saturated carbocycles. The third-order valence-corrected chi connectivity index (χ3v) is 4.67. The van der Waals surface area contributed by atoms with Crippen molar-refractivity contribution >= 4 is 5.69 Å². The highest BCUT2D eigenvalue weighted by Crippen LogP contribution is 2.28. The van der Waals surface area contributed by atoms with Crippen LogP contribution in [0.3, 0.4) is 0 Å². The maximum atomic E-state index is 5.48. The van der Waals surface area contributed by atoms with Gasteiger partial charge in [0.05, 0.1) is 12.8 Å². The molecular weight excluding hydrogens is 262 g/mol. The van der Waals surface area contributed by atoms with E-state index in [1.165, 1.54) is 5.69 Å². The second-order valence-electron chi connectivity index (χ2n) is 5.97. The van der Waals surface area contributed by atoms with E-state index in [9.17, 15) is 0 Å². The number of hydrogen-bond donors (Lipinski definition) is 1. The number of anilines is 1. The summed E-state index contributed by atoms with van der Waals surface area (Å²) >= 11 is 0. The van der Waals surface area contributed by atoms with Gasteiger partial charge in [0.2, 0.25) is 0 Å².